The number of hydrogen-bond acceptors (Lipinski definition) is 4. The summed E-state index contributed by atoms with van der Waals surface area (Å²) in [6.45, 7) is 6.90. The molecule has 2 saturated carbocycles. The quantitative estimate of drug-likeness (QED) is 0.613. The Kier molecular flexibility index (Phi) is 5.31. The maximum Gasteiger partial charge on any atom is 0.325 e. The number of esters is 1. The minimum Gasteiger partial charge on any atom is -0.462 e. The van der Waals surface area contributed by atoms with Crippen LogP contribution >= 0.6 is 0 Å². The van der Waals surface area contributed by atoms with Gasteiger partial charge in [0.2, 0.25) is 0 Å². The molecule has 1 aliphatic heterocycles. The topological polar surface area (TPSA) is 75.7 Å². The van der Waals surface area contributed by atoms with Gasteiger partial charge in [0.05, 0.1) is 6.42 Å². The second-order valence-corrected chi connectivity index (χ2v) is 9.26. The first kappa shape index (κ1) is 19.2. The highest BCUT2D eigenvalue weighted by molar-refractivity contribution is 6.07. The fourth-order valence-corrected chi connectivity index (χ4v) is 4.69. The van der Waals surface area contributed by atoms with E-state index in [1.807, 2.05) is 0 Å². The van der Waals surface area contributed by atoms with Gasteiger partial charge in [-0.3, -0.25) is 14.5 Å². The fraction of sp³-hybridized carbons (Fsp3) is 0.850. The molecule has 0 aromatic heterocycles. The van der Waals surface area contributed by atoms with Crippen LogP contribution in [0.5, 0.6) is 0 Å². The van der Waals surface area contributed by atoms with Crippen molar-refractivity contribution in [1.29, 1.82) is 0 Å². The Morgan fingerprint density at radius 3 is 2.35 bits per heavy atom. The minimum absolute atomic E-state index is 0.0228. The van der Waals surface area contributed by atoms with Crippen molar-refractivity contribution in [1.82, 2.24) is 10.2 Å². The van der Waals surface area contributed by atoms with Crippen LogP contribution < -0.4 is 5.32 Å². The van der Waals surface area contributed by atoms with E-state index < -0.39 is 5.54 Å². The number of carbonyl (C=O) groups excluding carboxylic acids is 3. The average Bonchev–Trinajstić information content (AvgIpc) is 3.12. The molecule has 0 aromatic rings. The number of hydrogen-bond donors (Lipinski definition) is 1. The van der Waals surface area contributed by atoms with Crippen LogP contribution in [-0.2, 0) is 14.3 Å². The number of rotatable bonds is 4. The Morgan fingerprint density at radius 1 is 1.15 bits per heavy atom. The predicted molar refractivity (Wildman–Crippen MR) is 97.4 cm³/mol. The van der Waals surface area contributed by atoms with Gasteiger partial charge in [-0.15, -0.1) is 0 Å². The van der Waals surface area contributed by atoms with Crippen molar-refractivity contribution < 1.29 is 19.1 Å². The fourth-order valence-electron chi connectivity index (χ4n) is 4.69. The van der Waals surface area contributed by atoms with Gasteiger partial charge < -0.3 is 10.1 Å². The van der Waals surface area contributed by atoms with E-state index in [4.69, 9.17) is 4.74 Å². The first-order valence-electron chi connectivity index (χ1n) is 10.0. The van der Waals surface area contributed by atoms with Crippen LogP contribution in [0.4, 0.5) is 4.79 Å². The average molecular weight is 364 g/mol. The molecule has 0 aromatic carbocycles. The highest BCUT2D eigenvalue weighted by atomic mass is 16.5. The molecule has 3 fully saturated rings. The minimum atomic E-state index is -0.702. The van der Waals surface area contributed by atoms with Crippen molar-refractivity contribution in [2.75, 3.05) is 6.54 Å². The van der Waals surface area contributed by atoms with Crippen LogP contribution in [-0.4, -0.2) is 41.0 Å². The van der Waals surface area contributed by atoms with Crippen LogP contribution in [0, 0.1) is 11.3 Å². The van der Waals surface area contributed by atoms with Crippen molar-refractivity contribution in [3.05, 3.63) is 0 Å². The van der Waals surface area contributed by atoms with Crippen LogP contribution in [0.25, 0.3) is 0 Å². The molecule has 0 atom stereocenters. The Hall–Kier alpha value is -1.59. The van der Waals surface area contributed by atoms with E-state index in [0.29, 0.717) is 24.2 Å². The van der Waals surface area contributed by atoms with E-state index in [-0.39, 0.29) is 37.0 Å². The van der Waals surface area contributed by atoms with E-state index in [2.05, 4.69) is 26.1 Å². The van der Waals surface area contributed by atoms with Gasteiger partial charge in [0, 0.05) is 6.54 Å². The molecular weight excluding hydrogens is 332 g/mol. The smallest absolute Gasteiger partial charge is 0.325 e. The highest BCUT2D eigenvalue weighted by Crippen LogP contribution is 2.38. The van der Waals surface area contributed by atoms with Gasteiger partial charge >= 0.3 is 12.0 Å². The molecule has 1 N–H and O–H groups in total. The molecule has 3 aliphatic rings. The molecule has 0 bridgehead atoms. The largest absolute Gasteiger partial charge is 0.462 e. The summed E-state index contributed by atoms with van der Waals surface area (Å²) in [6, 6.07) is -0.365. The summed E-state index contributed by atoms with van der Waals surface area (Å²) >= 11 is 0. The van der Waals surface area contributed by atoms with E-state index in [1.165, 1.54) is 4.90 Å². The number of imide groups is 1. The van der Waals surface area contributed by atoms with E-state index in [1.54, 1.807) is 0 Å². The zero-order chi connectivity index (χ0) is 18.9. The van der Waals surface area contributed by atoms with Gasteiger partial charge in [0.1, 0.15) is 11.6 Å². The molecule has 146 valence electrons. The summed E-state index contributed by atoms with van der Waals surface area (Å²) in [5.74, 6) is 0.196. The summed E-state index contributed by atoms with van der Waals surface area (Å²) in [5, 5.41) is 2.84. The second-order valence-electron chi connectivity index (χ2n) is 9.26. The van der Waals surface area contributed by atoms with Gasteiger partial charge in [-0.05, 0) is 49.9 Å². The van der Waals surface area contributed by atoms with Crippen molar-refractivity contribution in [2.45, 2.75) is 90.2 Å². The zero-order valence-corrected chi connectivity index (χ0v) is 16.3. The molecule has 3 amide bonds. The summed E-state index contributed by atoms with van der Waals surface area (Å²) in [4.78, 5) is 38.1. The molecule has 1 heterocycles. The number of nitrogens with zero attached hydrogens (tertiary/aromatic N) is 1. The molecule has 26 heavy (non-hydrogen) atoms. The molecule has 6 heteroatoms. The summed E-state index contributed by atoms with van der Waals surface area (Å²) in [7, 11) is 0. The lowest BCUT2D eigenvalue weighted by atomic mass is 9.72. The first-order valence-corrected chi connectivity index (χ1v) is 10.0. The lowest BCUT2D eigenvalue weighted by Gasteiger charge is -2.36. The normalized spacial score (nSPS) is 28.5. The highest BCUT2D eigenvalue weighted by Gasteiger charge is 2.52. The molecule has 1 saturated heterocycles. The van der Waals surface area contributed by atoms with Crippen LogP contribution in [0.15, 0.2) is 0 Å². The van der Waals surface area contributed by atoms with Crippen molar-refractivity contribution in [3.63, 3.8) is 0 Å². The molecule has 0 radical (unpaired) electrons. The Labute approximate surface area is 156 Å². The van der Waals surface area contributed by atoms with Gasteiger partial charge in [0.25, 0.3) is 5.91 Å². The number of amides is 3. The van der Waals surface area contributed by atoms with Crippen molar-refractivity contribution >= 4 is 17.9 Å². The predicted octanol–water partition coefficient (Wildman–Crippen LogP) is 3.39. The van der Waals surface area contributed by atoms with E-state index >= 15 is 0 Å². The Bertz CT molecular complexity index is 567. The molecule has 3 rings (SSSR count). The lowest BCUT2D eigenvalue weighted by molar-refractivity contribution is -0.151. The molecule has 6 nitrogen and oxygen atoms in total. The Morgan fingerprint density at radius 2 is 1.77 bits per heavy atom. The number of urea groups is 1. The second kappa shape index (κ2) is 7.20. The number of nitrogens with one attached hydrogen (secondary N) is 1. The summed E-state index contributed by atoms with van der Waals surface area (Å²) in [5.41, 5.74) is -0.402. The summed E-state index contributed by atoms with van der Waals surface area (Å²) in [6.07, 6.45) is 7.34. The van der Waals surface area contributed by atoms with Crippen LogP contribution in [0.1, 0.15) is 78.6 Å². The standard InChI is InChI=1S/C20H32N2O4/c1-19(2,3)14-6-8-15(9-7-14)26-16(23)10-13-22-17(24)20(21-18(22)25)11-4-5-12-20/h14-15H,4-13H2,1-3H3,(H,21,25). The maximum absolute atomic E-state index is 12.6. The first-order chi connectivity index (χ1) is 12.2. The van der Waals surface area contributed by atoms with E-state index in [9.17, 15) is 14.4 Å². The van der Waals surface area contributed by atoms with Crippen molar-refractivity contribution in [2.24, 2.45) is 11.3 Å². The third-order valence-corrected chi connectivity index (χ3v) is 6.44. The van der Waals surface area contributed by atoms with Gasteiger partial charge in [0.15, 0.2) is 0 Å². The number of ether oxygens (including phenoxy) is 1. The molecule has 1 spiro atoms. The number of carbonyl (C=O) groups is 3. The Balaban J connectivity index is 1.44. The third kappa shape index (κ3) is 3.89. The monoisotopic (exact) mass is 364 g/mol. The van der Waals surface area contributed by atoms with Crippen LogP contribution in [0.3, 0.4) is 0 Å². The summed E-state index contributed by atoms with van der Waals surface area (Å²) < 4.78 is 5.59. The third-order valence-electron chi connectivity index (χ3n) is 6.44. The maximum atomic E-state index is 12.6. The molecule has 2 aliphatic carbocycles. The molecular formula is C20H32N2O4. The zero-order valence-electron chi connectivity index (χ0n) is 16.3. The SMILES string of the molecule is CC(C)(C)C1CCC(OC(=O)CCN2C(=O)NC3(CCCC3)C2=O)CC1. The lowest BCUT2D eigenvalue weighted by Crippen LogP contribution is -2.44. The van der Waals surface area contributed by atoms with Gasteiger partial charge in [-0.2, -0.15) is 0 Å². The van der Waals surface area contributed by atoms with E-state index in [0.717, 1.165) is 38.5 Å². The molecule has 0 unspecified atom stereocenters. The van der Waals surface area contributed by atoms with Gasteiger partial charge in [-0.1, -0.05) is 33.6 Å². The van der Waals surface area contributed by atoms with Crippen LogP contribution in [0.2, 0.25) is 0 Å². The van der Waals surface area contributed by atoms with Crippen molar-refractivity contribution in [3.8, 4) is 0 Å². The van der Waals surface area contributed by atoms with Gasteiger partial charge in [-0.25, -0.2) is 4.79 Å².